The van der Waals surface area contributed by atoms with Gasteiger partial charge in [0.15, 0.2) is 23.8 Å². The number of anilines is 2. The molecular weight excluding hydrogens is 505 g/mol. The number of carbonyl (C=O) groups is 1. The van der Waals surface area contributed by atoms with Crippen molar-refractivity contribution in [2.45, 2.75) is 24.5 Å². The van der Waals surface area contributed by atoms with Gasteiger partial charge in [-0.15, -0.1) is 0 Å². The first-order valence-electron chi connectivity index (χ1n) is 9.60. The van der Waals surface area contributed by atoms with E-state index < -0.39 is 44.9 Å². The zero-order chi connectivity index (χ0) is 23.8. The van der Waals surface area contributed by atoms with Crippen molar-refractivity contribution >= 4 is 36.5 Å². The average Bonchev–Trinajstić information content (AvgIpc) is 3.34. The van der Waals surface area contributed by atoms with Crippen molar-refractivity contribution in [3.05, 3.63) is 42.5 Å². The summed E-state index contributed by atoms with van der Waals surface area (Å²) in [5.74, 6) is -0.718. The molecule has 17 heteroatoms. The predicted octanol–water partition coefficient (Wildman–Crippen LogP) is -7.21. The molecule has 0 saturated carbocycles. The minimum atomic E-state index is -5.36. The normalized spacial score (nSPS) is 21.7. The van der Waals surface area contributed by atoms with Gasteiger partial charge in [-0.3, -0.25) is 4.57 Å². The molecule has 0 unspecified atom stereocenters. The van der Waals surface area contributed by atoms with Crippen LogP contribution < -0.4 is 80.0 Å². The molecule has 0 radical (unpaired) electrons. The second-order valence-corrected chi connectivity index (χ2v) is 8.20. The van der Waals surface area contributed by atoms with E-state index in [0.29, 0.717) is 5.69 Å². The number of hydrogen-bond acceptors (Lipinski definition) is 13. The van der Waals surface area contributed by atoms with Crippen LogP contribution in [0, 0.1) is 0 Å². The molecule has 3 aromatic rings. The van der Waals surface area contributed by atoms with Gasteiger partial charge in [0, 0.05) is 12.7 Å². The molecule has 1 aromatic carbocycles. The number of rotatable bonds is 7. The number of phosphoric ester groups is 1. The van der Waals surface area contributed by atoms with E-state index in [4.69, 9.17) is 15.2 Å². The maximum absolute atomic E-state index is 12.8. The number of fused-ring (bicyclic) bond motifs is 1. The molecule has 3 heterocycles. The van der Waals surface area contributed by atoms with Gasteiger partial charge in [-0.2, -0.15) is 0 Å². The van der Waals surface area contributed by atoms with Crippen molar-refractivity contribution < 1.29 is 97.4 Å². The fraction of sp³-hybridized carbons (Fsp3) is 0.333. The molecule has 2 aromatic heterocycles. The van der Waals surface area contributed by atoms with Crippen LogP contribution >= 0.6 is 7.82 Å². The number of esters is 1. The molecule has 14 nitrogen and oxygen atoms in total. The van der Waals surface area contributed by atoms with Crippen molar-refractivity contribution in [2.75, 3.05) is 24.7 Å². The second kappa shape index (κ2) is 12.4. The molecule has 1 fully saturated rings. The second-order valence-electron chi connectivity index (χ2n) is 7.05. The first kappa shape index (κ1) is 30.1. The van der Waals surface area contributed by atoms with E-state index in [1.54, 1.807) is 25.2 Å². The van der Waals surface area contributed by atoms with Crippen LogP contribution in [0.4, 0.5) is 11.5 Å². The largest absolute Gasteiger partial charge is 1.00 e. The Labute approximate surface area is 243 Å². The Kier molecular flexibility index (Phi) is 10.7. The van der Waals surface area contributed by atoms with Crippen LogP contribution in [0.2, 0.25) is 0 Å². The van der Waals surface area contributed by atoms with Gasteiger partial charge < -0.3 is 44.5 Å². The molecule has 4 N–H and O–H groups in total. The molecule has 1 saturated heterocycles. The average molecular weight is 524 g/mol. The van der Waals surface area contributed by atoms with E-state index in [2.05, 4.69) is 24.8 Å². The van der Waals surface area contributed by atoms with Crippen molar-refractivity contribution in [1.82, 2.24) is 19.5 Å². The van der Waals surface area contributed by atoms with Gasteiger partial charge in [-0.05, 0) is 12.1 Å². The molecule has 0 amide bonds. The van der Waals surface area contributed by atoms with Crippen molar-refractivity contribution in [3.8, 4) is 0 Å². The summed E-state index contributed by atoms with van der Waals surface area (Å²) in [7, 11) is -3.75. The summed E-state index contributed by atoms with van der Waals surface area (Å²) in [5, 5.41) is 13.8. The molecule has 176 valence electrons. The Balaban J connectivity index is 0.00000216. The van der Waals surface area contributed by atoms with Crippen LogP contribution in [0.15, 0.2) is 36.9 Å². The summed E-state index contributed by atoms with van der Waals surface area (Å²) in [6, 6.07) is 6.48. The number of nitrogen functional groups attached to an aromatic ring is 1. The molecule has 0 spiro atoms. The Morgan fingerprint density at radius 2 is 2.00 bits per heavy atom. The predicted molar refractivity (Wildman–Crippen MR) is 108 cm³/mol. The topological polar surface area (TPSA) is 210 Å². The molecule has 1 aliphatic heterocycles. The van der Waals surface area contributed by atoms with Gasteiger partial charge in [0.2, 0.25) is 0 Å². The minimum absolute atomic E-state index is 0. The standard InChI is InChI=1S/C18H21N6O8P.2Na/c1-20-10-5-3-2-4-9(10)18(26)32-14-11(6-30-33(27,28)29)31-17(13(14)25)24-8-23-12-15(19)21-7-22-16(12)24;;/h2-5,7-8,11,13-14,17,20,25H,6H2,1H3,(H2,19,21,22)(H2,27,28,29);;/q;2*+1/p-2/t11-,13-,14-,17-;;/m1../s1. The Bertz CT molecular complexity index is 1230. The van der Waals surface area contributed by atoms with E-state index in [0.717, 1.165) is 0 Å². The third-order valence-electron chi connectivity index (χ3n) is 5.03. The summed E-state index contributed by atoms with van der Waals surface area (Å²) < 4.78 is 27.9. The molecule has 1 aliphatic rings. The summed E-state index contributed by atoms with van der Waals surface area (Å²) in [6.07, 6.45) is -2.94. The van der Waals surface area contributed by atoms with E-state index in [1.165, 1.54) is 23.3 Å². The SMILES string of the molecule is CNc1ccccc1C(=O)O[C@H]1[C@@H](O)[C@H](n2cnc3c(N)ncnc32)O[C@@H]1COP(=O)([O-])[O-].[Na+].[Na+]. The first-order chi connectivity index (χ1) is 15.7. The van der Waals surface area contributed by atoms with Crippen LogP contribution in [0.1, 0.15) is 16.6 Å². The Morgan fingerprint density at radius 1 is 1.29 bits per heavy atom. The van der Waals surface area contributed by atoms with Gasteiger partial charge in [-0.1, -0.05) is 12.1 Å². The van der Waals surface area contributed by atoms with Gasteiger partial charge in [-0.25, -0.2) is 19.7 Å². The number of carbonyl (C=O) groups excluding carboxylic acids is 1. The van der Waals surface area contributed by atoms with Gasteiger partial charge in [0.1, 0.15) is 24.1 Å². The van der Waals surface area contributed by atoms with Crippen molar-refractivity contribution in [3.63, 3.8) is 0 Å². The van der Waals surface area contributed by atoms with Gasteiger partial charge in [0.05, 0.1) is 26.3 Å². The number of aliphatic hydroxyl groups is 1. The van der Waals surface area contributed by atoms with Crippen LogP contribution in [0.5, 0.6) is 0 Å². The minimum Gasteiger partial charge on any atom is -0.790 e. The molecule has 0 bridgehead atoms. The molecule has 4 rings (SSSR count). The number of ether oxygens (including phenoxy) is 2. The smallest absolute Gasteiger partial charge is 0.790 e. The Morgan fingerprint density at radius 3 is 2.69 bits per heavy atom. The summed E-state index contributed by atoms with van der Waals surface area (Å²) in [4.78, 5) is 46.8. The molecule has 35 heavy (non-hydrogen) atoms. The van der Waals surface area contributed by atoms with E-state index in [1.807, 2.05) is 0 Å². The molecule has 4 atom stereocenters. The van der Waals surface area contributed by atoms with Crippen LogP contribution in [0.25, 0.3) is 11.2 Å². The summed E-state index contributed by atoms with van der Waals surface area (Å²) >= 11 is 0. The van der Waals surface area contributed by atoms with Crippen molar-refractivity contribution in [1.29, 1.82) is 0 Å². The molecular formula is C18H19N6Na2O8P. The number of aliphatic hydroxyl groups excluding tert-OH is 1. The quantitative estimate of drug-likeness (QED) is 0.149. The zero-order valence-corrected chi connectivity index (χ0v) is 24.0. The first-order valence-corrected chi connectivity index (χ1v) is 11.1. The van der Waals surface area contributed by atoms with Crippen LogP contribution in [-0.4, -0.2) is 62.6 Å². The van der Waals surface area contributed by atoms with Crippen LogP contribution in [-0.2, 0) is 18.6 Å². The molecule has 0 aliphatic carbocycles. The number of nitrogens with one attached hydrogen (secondary N) is 1. The fourth-order valence-electron chi connectivity index (χ4n) is 3.52. The fourth-order valence-corrected chi connectivity index (χ4v) is 3.85. The third kappa shape index (κ3) is 6.60. The number of aromatic nitrogens is 4. The summed E-state index contributed by atoms with van der Waals surface area (Å²) in [5.41, 5.74) is 6.89. The maximum atomic E-state index is 12.8. The number of nitrogens with zero attached hydrogens (tertiary/aromatic N) is 4. The van der Waals surface area contributed by atoms with E-state index in [-0.39, 0.29) is 81.7 Å². The third-order valence-corrected chi connectivity index (χ3v) is 5.49. The number of phosphoric acid groups is 1. The van der Waals surface area contributed by atoms with Crippen LogP contribution in [0.3, 0.4) is 0 Å². The van der Waals surface area contributed by atoms with E-state index >= 15 is 0 Å². The number of para-hydroxylation sites is 1. The number of imidazole rings is 1. The van der Waals surface area contributed by atoms with Gasteiger partial charge in [0.25, 0.3) is 0 Å². The maximum Gasteiger partial charge on any atom is 1.00 e. The number of nitrogens with two attached hydrogens (primary N) is 1. The zero-order valence-electron chi connectivity index (χ0n) is 19.1. The van der Waals surface area contributed by atoms with Crippen molar-refractivity contribution in [2.24, 2.45) is 0 Å². The monoisotopic (exact) mass is 524 g/mol. The summed E-state index contributed by atoms with van der Waals surface area (Å²) in [6.45, 7) is -0.785. The number of hydrogen-bond donors (Lipinski definition) is 3. The van der Waals surface area contributed by atoms with Gasteiger partial charge >= 0.3 is 65.1 Å². The number of benzene rings is 1. The Hall–Kier alpha value is -1.13. The van der Waals surface area contributed by atoms with E-state index in [9.17, 15) is 24.3 Å².